The van der Waals surface area contributed by atoms with E-state index in [4.69, 9.17) is 5.14 Å². The number of anilines is 1. The van der Waals surface area contributed by atoms with Crippen molar-refractivity contribution >= 4 is 33.0 Å². The van der Waals surface area contributed by atoms with Crippen LogP contribution in [0.3, 0.4) is 0 Å². The number of benzene rings is 1. The molecule has 7 heteroatoms. The van der Waals surface area contributed by atoms with E-state index >= 15 is 0 Å². The van der Waals surface area contributed by atoms with E-state index in [0.29, 0.717) is 16.5 Å². The highest BCUT2D eigenvalue weighted by molar-refractivity contribution is 7.89. The van der Waals surface area contributed by atoms with Crippen molar-refractivity contribution in [1.82, 2.24) is 0 Å². The SMILES string of the molecule is C[C@@H]1CCc2sc(C(=O)Nc3cccc(S(N)(=O)=O)c3)cc2C1. The van der Waals surface area contributed by atoms with E-state index in [2.05, 4.69) is 12.2 Å². The Morgan fingerprint density at radius 2 is 2.13 bits per heavy atom. The molecule has 0 spiro atoms. The summed E-state index contributed by atoms with van der Waals surface area (Å²) in [5.41, 5.74) is 1.68. The number of rotatable bonds is 3. The molecular formula is C16H18N2O3S2. The molecule has 0 saturated carbocycles. The summed E-state index contributed by atoms with van der Waals surface area (Å²) in [6, 6.07) is 7.91. The van der Waals surface area contributed by atoms with Gasteiger partial charge in [0.25, 0.3) is 5.91 Å². The van der Waals surface area contributed by atoms with Gasteiger partial charge in [0.2, 0.25) is 10.0 Å². The van der Waals surface area contributed by atoms with Crippen molar-refractivity contribution in [3.05, 3.63) is 45.6 Å². The second-order valence-electron chi connectivity index (χ2n) is 5.93. The normalized spacial score (nSPS) is 17.6. The Bertz CT molecular complexity index is 856. The van der Waals surface area contributed by atoms with Crippen molar-refractivity contribution in [1.29, 1.82) is 0 Å². The zero-order valence-corrected chi connectivity index (χ0v) is 14.3. The standard InChI is InChI=1S/C16H18N2O3S2/c1-10-5-6-14-11(7-10)8-15(22-14)16(19)18-12-3-2-4-13(9-12)23(17,20)21/h2-4,8-10H,5-7H2,1H3,(H,18,19)(H2,17,20,21)/t10-/m1/s1. The fourth-order valence-electron chi connectivity index (χ4n) is 2.76. The molecule has 1 aliphatic carbocycles. The molecular weight excluding hydrogens is 332 g/mol. The largest absolute Gasteiger partial charge is 0.321 e. The van der Waals surface area contributed by atoms with Crippen LogP contribution in [-0.2, 0) is 22.9 Å². The monoisotopic (exact) mass is 350 g/mol. The topological polar surface area (TPSA) is 89.3 Å². The van der Waals surface area contributed by atoms with Gasteiger partial charge in [-0.15, -0.1) is 11.3 Å². The van der Waals surface area contributed by atoms with E-state index in [0.717, 1.165) is 19.3 Å². The first-order valence-corrected chi connectivity index (χ1v) is 9.75. The van der Waals surface area contributed by atoms with Crippen molar-refractivity contribution in [2.75, 3.05) is 5.32 Å². The maximum absolute atomic E-state index is 12.4. The summed E-state index contributed by atoms with van der Waals surface area (Å²) in [5.74, 6) is 0.433. The summed E-state index contributed by atoms with van der Waals surface area (Å²) in [7, 11) is -3.78. The van der Waals surface area contributed by atoms with E-state index < -0.39 is 10.0 Å². The molecule has 0 unspecified atom stereocenters. The Kier molecular flexibility index (Phi) is 4.27. The van der Waals surface area contributed by atoms with Gasteiger partial charge in [-0.25, -0.2) is 13.6 Å². The van der Waals surface area contributed by atoms with Gasteiger partial charge in [0.05, 0.1) is 9.77 Å². The predicted molar refractivity (Wildman–Crippen MR) is 91.3 cm³/mol. The number of sulfonamides is 1. The van der Waals surface area contributed by atoms with Crippen LogP contribution in [0.2, 0.25) is 0 Å². The molecule has 1 aliphatic rings. The summed E-state index contributed by atoms with van der Waals surface area (Å²) >= 11 is 1.52. The van der Waals surface area contributed by atoms with Crippen molar-refractivity contribution in [3.63, 3.8) is 0 Å². The van der Waals surface area contributed by atoms with Crippen LogP contribution in [0.15, 0.2) is 35.2 Å². The van der Waals surface area contributed by atoms with Gasteiger partial charge in [-0.1, -0.05) is 13.0 Å². The smallest absolute Gasteiger partial charge is 0.265 e. The first kappa shape index (κ1) is 16.2. The number of amides is 1. The highest BCUT2D eigenvalue weighted by atomic mass is 32.2. The van der Waals surface area contributed by atoms with Crippen LogP contribution in [0.25, 0.3) is 0 Å². The average molecular weight is 350 g/mol. The molecule has 1 aromatic heterocycles. The molecule has 2 aromatic rings. The minimum absolute atomic E-state index is 0.0189. The second kappa shape index (κ2) is 6.07. The van der Waals surface area contributed by atoms with E-state index in [9.17, 15) is 13.2 Å². The van der Waals surface area contributed by atoms with Gasteiger partial charge in [-0.2, -0.15) is 0 Å². The third-order valence-electron chi connectivity index (χ3n) is 3.97. The lowest BCUT2D eigenvalue weighted by molar-refractivity contribution is 0.103. The van der Waals surface area contributed by atoms with Gasteiger partial charge >= 0.3 is 0 Å². The Morgan fingerprint density at radius 3 is 2.87 bits per heavy atom. The molecule has 1 amide bonds. The summed E-state index contributed by atoms with van der Waals surface area (Å²) < 4.78 is 22.7. The van der Waals surface area contributed by atoms with Gasteiger partial charge < -0.3 is 5.32 Å². The predicted octanol–water partition coefficient (Wildman–Crippen LogP) is 2.77. The number of fused-ring (bicyclic) bond motifs is 1. The number of nitrogens with two attached hydrogens (primary N) is 1. The molecule has 3 rings (SSSR count). The van der Waals surface area contributed by atoms with E-state index in [1.807, 2.05) is 6.07 Å². The molecule has 1 heterocycles. The third-order valence-corrected chi connectivity index (χ3v) is 6.12. The highest BCUT2D eigenvalue weighted by Gasteiger charge is 2.21. The number of nitrogens with one attached hydrogen (secondary N) is 1. The van der Waals surface area contributed by atoms with Crippen molar-refractivity contribution in [3.8, 4) is 0 Å². The first-order chi connectivity index (χ1) is 10.8. The Balaban J connectivity index is 1.80. The molecule has 1 aromatic carbocycles. The van der Waals surface area contributed by atoms with Gasteiger partial charge in [-0.05, 0) is 55.0 Å². The number of hydrogen-bond donors (Lipinski definition) is 2. The Labute approximate surface area is 139 Å². The van der Waals surface area contributed by atoms with Gasteiger partial charge in [0, 0.05) is 10.6 Å². The van der Waals surface area contributed by atoms with Gasteiger partial charge in [-0.3, -0.25) is 4.79 Å². The fraction of sp³-hybridized carbons (Fsp3) is 0.312. The van der Waals surface area contributed by atoms with Crippen molar-refractivity contribution in [2.45, 2.75) is 31.1 Å². The maximum atomic E-state index is 12.4. The van der Waals surface area contributed by atoms with Crippen LogP contribution in [0.4, 0.5) is 5.69 Å². The number of hydrogen-bond acceptors (Lipinski definition) is 4. The quantitative estimate of drug-likeness (QED) is 0.892. The first-order valence-electron chi connectivity index (χ1n) is 7.39. The molecule has 3 N–H and O–H groups in total. The molecule has 0 radical (unpaired) electrons. The number of carbonyl (C=O) groups is 1. The fourth-order valence-corrected chi connectivity index (χ4v) is 4.42. The minimum Gasteiger partial charge on any atom is -0.321 e. The number of thiophene rings is 1. The zero-order chi connectivity index (χ0) is 16.6. The maximum Gasteiger partial charge on any atom is 0.265 e. The van der Waals surface area contributed by atoms with E-state index in [1.54, 1.807) is 12.1 Å². The molecule has 0 fully saturated rings. The Morgan fingerprint density at radius 1 is 1.35 bits per heavy atom. The summed E-state index contributed by atoms with van der Waals surface area (Å²) in [6.07, 6.45) is 3.19. The summed E-state index contributed by atoms with van der Waals surface area (Å²) in [4.78, 5) is 14.3. The molecule has 0 aliphatic heterocycles. The van der Waals surface area contributed by atoms with E-state index in [-0.39, 0.29) is 10.8 Å². The lowest BCUT2D eigenvalue weighted by Crippen LogP contribution is -2.14. The van der Waals surface area contributed by atoms with Crippen molar-refractivity contribution in [2.24, 2.45) is 11.1 Å². The summed E-state index contributed by atoms with van der Waals surface area (Å²) in [6.45, 7) is 2.22. The second-order valence-corrected chi connectivity index (χ2v) is 8.63. The lowest BCUT2D eigenvalue weighted by atomic mass is 9.90. The highest BCUT2D eigenvalue weighted by Crippen LogP contribution is 2.32. The molecule has 0 bridgehead atoms. The van der Waals surface area contributed by atoms with Crippen LogP contribution in [0.1, 0.15) is 33.5 Å². The van der Waals surface area contributed by atoms with Crippen LogP contribution in [-0.4, -0.2) is 14.3 Å². The molecule has 1 atom stereocenters. The van der Waals surface area contributed by atoms with Crippen LogP contribution >= 0.6 is 11.3 Å². The minimum atomic E-state index is -3.78. The molecule has 122 valence electrons. The molecule has 5 nitrogen and oxygen atoms in total. The Hall–Kier alpha value is -1.70. The van der Waals surface area contributed by atoms with E-state index in [1.165, 1.54) is 33.9 Å². The van der Waals surface area contributed by atoms with Crippen LogP contribution in [0.5, 0.6) is 0 Å². The number of aryl methyl sites for hydroxylation is 1. The lowest BCUT2D eigenvalue weighted by Gasteiger charge is -2.16. The van der Waals surface area contributed by atoms with Crippen molar-refractivity contribution < 1.29 is 13.2 Å². The molecule has 0 saturated heterocycles. The van der Waals surface area contributed by atoms with Gasteiger partial charge in [0.15, 0.2) is 0 Å². The number of carbonyl (C=O) groups excluding carboxylic acids is 1. The molecule has 23 heavy (non-hydrogen) atoms. The average Bonchev–Trinajstić information content (AvgIpc) is 2.90. The van der Waals surface area contributed by atoms with Gasteiger partial charge in [0.1, 0.15) is 0 Å². The zero-order valence-electron chi connectivity index (χ0n) is 12.7. The van der Waals surface area contributed by atoms with Crippen LogP contribution < -0.4 is 10.5 Å². The van der Waals surface area contributed by atoms with Crippen LogP contribution in [0, 0.1) is 5.92 Å². The third kappa shape index (κ3) is 3.63. The number of primary sulfonamides is 1. The summed E-state index contributed by atoms with van der Waals surface area (Å²) in [5, 5.41) is 7.85.